The van der Waals surface area contributed by atoms with E-state index in [-0.39, 0.29) is 18.0 Å². The van der Waals surface area contributed by atoms with E-state index in [1.54, 1.807) is 18.2 Å². The van der Waals surface area contributed by atoms with Crippen molar-refractivity contribution in [3.05, 3.63) is 39.8 Å². The number of methoxy groups -OCH3 is 2. The van der Waals surface area contributed by atoms with Gasteiger partial charge in [-0.25, -0.2) is 4.79 Å². The Hall–Kier alpha value is -2.54. The zero-order valence-electron chi connectivity index (χ0n) is 16.6. The number of thiophene rings is 1. The fourth-order valence-electron chi connectivity index (χ4n) is 3.38. The normalized spacial score (nSPS) is 13.0. The molecular weight excluding hydrogens is 378 g/mol. The number of hydrogen-bond acceptors (Lipinski definition) is 6. The standard InChI is InChI=1S/C21H25NO5S/c1-12(2)27-21(24)17-13-8-5-6-11-16(13)28-20(17)22-19(23)14-9-7-10-15(25-3)18(14)26-4/h7,9-10,12H,5-6,8,11H2,1-4H3,(H,22,23). The largest absolute Gasteiger partial charge is 0.493 e. The number of esters is 1. The molecule has 1 aliphatic rings. The van der Waals surface area contributed by atoms with E-state index in [1.807, 2.05) is 13.8 Å². The minimum Gasteiger partial charge on any atom is -0.493 e. The maximum Gasteiger partial charge on any atom is 0.341 e. The van der Waals surface area contributed by atoms with Crippen LogP contribution in [-0.2, 0) is 17.6 Å². The predicted molar refractivity (Wildman–Crippen MR) is 109 cm³/mol. The smallest absolute Gasteiger partial charge is 0.341 e. The molecule has 150 valence electrons. The van der Waals surface area contributed by atoms with E-state index >= 15 is 0 Å². The van der Waals surface area contributed by atoms with Gasteiger partial charge in [-0.05, 0) is 57.2 Å². The number of nitrogens with one attached hydrogen (secondary N) is 1. The number of para-hydroxylation sites is 1. The molecule has 1 N–H and O–H groups in total. The molecule has 1 heterocycles. The topological polar surface area (TPSA) is 73.9 Å². The number of anilines is 1. The monoisotopic (exact) mass is 403 g/mol. The molecule has 0 bridgehead atoms. The Morgan fingerprint density at radius 2 is 1.86 bits per heavy atom. The van der Waals surface area contributed by atoms with E-state index in [9.17, 15) is 9.59 Å². The van der Waals surface area contributed by atoms with Gasteiger partial charge in [-0.3, -0.25) is 4.79 Å². The third-order valence-electron chi connectivity index (χ3n) is 4.59. The molecule has 0 radical (unpaired) electrons. The Labute approximate surface area is 168 Å². The van der Waals surface area contributed by atoms with Crippen LogP contribution in [0.25, 0.3) is 0 Å². The fraction of sp³-hybridized carbons (Fsp3) is 0.429. The Morgan fingerprint density at radius 1 is 1.11 bits per heavy atom. The molecule has 1 aromatic heterocycles. The summed E-state index contributed by atoms with van der Waals surface area (Å²) in [5.41, 5.74) is 1.84. The average molecular weight is 404 g/mol. The van der Waals surface area contributed by atoms with Gasteiger partial charge in [0.05, 0.1) is 31.5 Å². The number of aryl methyl sites for hydroxylation is 1. The predicted octanol–water partition coefficient (Wildman–Crippen LogP) is 4.46. The van der Waals surface area contributed by atoms with Crippen LogP contribution in [0, 0.1) is 0 Å². The number of hydrogen-bond donors (Lipinski definition) is 1. The van der Waals surface area contributed by atoms with Gasteiger partial charge in [0, 0.05) is 4.88 Å². The van der Waals surface area contributed by atoms with E-state index in [0.717, 1.165) is 36.1 Å². The third kappa shape index (κ3) is 3.99. The van der Waals surface area contributed by atoms with Crippen molar-refractivity contribution in [1.82, 2.24) is 0 Å². The summed E-state index contributed by atoms with van der Waals surface area (Å²) in [6, 6.07) is 5.12. The number of amides is 1. The lowest BCUT2D eigenvalue weighted by Crippen LogP contribution is -2.18. The van der Waals surface area contributed by atoms with Crippen molar-refractivity contribution >= 4 is 28.2 Å². The molecule has 0 aliphatic heterocycles. The van der Waals surface area contributed by atoms with Gasteiger partial charge in [0.15, 0.2) is 11.5 Å². The van der Waals surface area contributed by atoms with Gasteiger partial charge in [-0.2, -0.15) is 0 Å². The molecule has 6 nitrogen and oxygen atoms in total. The number of benzene rings is 1. The van der Waals surface area contributed by atoms with Crippen molar-refractivity contribution in [2.75, 3.05) is 19.5 Å². The van der Waals surface area contributed by atoms with Crippen molar-refractivity contribution < 1.29 is 23.8 Å². The van der Waals surface area contributed by atoms with Crippen LogP contribution in [0.4, 0.5) is 5.00 Å². The molecule has 1 amide bonds. The fourth-order valence-corrected chi connectivity index (χ4v) is 4.65. The number of rotatable bonds is 6. The van der Waals surface area contributed by atoms with Crippen LogP contribution in [0.3, 0.4) is 0 Å². The molecule has 2 aromatic rings. The summed E-state index contributed by atoms with van der Waals surface area (Å²) < 4.78 is 16.1. The zero-order valence-corrected chi connectivity index (χ0v) is 17.4. The highest BCUT2D eigenvalue weighted by molar-refractivity contribution is 7.17. The third-order valence-corrected chi connectivity index (χ3v) is 5.80. The van der Waals surface area contributed by atoms with Crippen LogP contribution in [0.2, 0.25) is 0 Å². The highest BCUT2D eigenvalue weighted by Gasteiger charge is 2.28. The van der Waals surface area contributed by atoms with Crippen LogP contribution in [-0.4, -0.2) is 32.2 Å². The van der Waals surface area contributed by atoms with Crippen molar-refractivity contribution in [2.24, 2.45) is 0 Å². The summed E-state index contributed by atoms with van der Waals surface area (Å²) in [6.07, 6.45) is 3.63. The minimum atomic E-state index is -0.387. The summed E-state index contributed by atoms with van der Waals surface area (Å²) >= 11 is 1.46. The second kappa shape index (κ2) is 8.65. The van der Waals surface area contributed by atoms with E-state index in [2.05, 4.69) is 5.32 Å². The van der Waals surface area contributed by atoms with E-state index in [4.69, 9.17) is 14.2 Å². The molecule has 0 fully saturated rings. The highest BCUT2D eigenvalue weighted by Crippen LogP contribution is 2.39. The molecule has 0 unspecified atom stereocenters. The van der Waals surface area contributed by atoms with Gasteiger partial charge in [0.25, 0.3) is 5.91 Å². The van der Waals surface area contributed by atoms with Crippen LogP contribution in [0.15, 0.2) is 18.2 Å². The van der Waals surface area contributed by atoms with Crippen molar-refractivity contribution in [3.8, 4) is 11.5 Å². The van der Waals surface area contributed by atoms with Gasteiger partial charge in [0.2, 0.25) is 0 Å². The van der Waals surface area contributed by atoms with Crippen LogP contribution in [0.1, 0.15) is 57.8 Å². The first-order valence-electron chi connectivity index (χ1n) is 9.34. The summed E-state index contributed by atoms with van der Waals surface area (Å²) in [7, 11) is 3.01. The molecule has 0 spiro atoms. The molecule has 28 heavy (non-hydrogen) atoms. The lowest BCUT2D eigenvalue weighted by atomic mass is 9.95. The average Bonchev–Trinajstić information content (AvgIpc) is 3.04. The molecule has 3 rings (SSSR count). The second-order valence-corrected chi connectivity index (χ2v) is 7.97. The van der Waals surface area contributed by atoms with Crippen molar-refractivity contribution in [1.29, 1.82) is 0 Å². The lowest BCUT2D eigenvalue weighted by molar-refractivity contribution is 0.0378. The van der Waals surface area contributed by atoms with Gasteiger partial charge in [-0.1, -0.05) is 6.07 Å². The molecule has 0 atom stereocenters. The van der Waals surface area contributed by atoms with Crippen LogP contribution < -0.4 is 14.8 Å². The molecular formula is C21H25NO5S. The first-order valence-corrected chi connectivity index (χ1v) is 10.2. The highest BCUT2D eigenvalue weighted by atomic mass is 32.1. The summed E-state index contributed by atoms with van der Waals surface area (Å²) in [5, 5.41) is 3.44. The van der Waals surface area contributed by atoms with Crippen LogP contribution >= 0.6 is 11.3 Å². The Bertz CT molecular complexity index is 887. The summed E-state index contributed by atoms with van der Waals surface area (Å²) in [4.78, 5) is 26.9. The first-order chi connectivity index (χ1) is 13.5. The number of fused-ring (bicyclic) bond motifs is 1. The number of ether oxygens (including phenoxy) is 3. The minimum absolute atomic E-state index is 0.228. The van der Waals surface area contributed by atoms with Gasteiger partial charge >= 0.3 is 5.97 Å². The van der Waals surface area contributed by atoms with Crippen molar-refractivity contribution in [3.63, 3.8) is 0 Å². The van der Waals surface area contributed by atoms with Gasteiger partial charge in [-0.15, -0.1) is 11.3 Å². The van der Waals surface area contributed by atoms with E-state index in [0.29, 0.717) is 27.6 Å². The molecule has 0 saturated heterocycles. The van der Waals surface area contributed by atoms with E-state index < -0.39 is 0 Å². The van der Waals surface area contributed by atoms with Crippen molar-refractivity contribution in [2.45, 2.75) is 45.6 Å². The lowest BCUT2D eigenvalue weighted by Gasteiger charge is -2.15. The maximum atomic E-state index is 13.0. The van der Waals surface area contributed by atoms with Gasteiger partial charge < -0.3 is 19.5 Å². The van der Waals surface area contributed by atoms with Gasteiger partial charge in [0.1, 0.15) is 5.00 Å². The first kappa shape index (κ1) is 20.2. The SMILES string of the molecule is COc1cccc(C(=O)Nc2sc3c(c2C(=O)OC(C)C)CCCC3)c1OC. The molecule has 1 aromatic carbocycles. The number of carbonyl (C=O) groups is 2. The summed E-state index contributed by atoms with van der Waals surface area (Å²) in [6.45, 7) is 3.63. The molecule has 1 aliphatic carbocycles. The second-order valence-electron chi connectivity index (χ2n) is 6.86. The Morgan fingerprint density at radius 3 is 2.54 bits per heavy atom. The molecule has 0 saturated carbocycles. The van der Waals surface area contributed by atoms with E-state index in [1.165, 1.54) is 25.6 Å². The number of carbonyl (C=O) groups excluding carboxylic acids is 2. The maximum absolute atomic E-state index is 13.0. The summed E-state index contributed by atoms with van der Waals surface area (Å²) in [5.74, 6) is 0.0884. The quantitative estimate of drug-likeness (QED) is 0.721. The Balaban J connectivity index is 1.97. The Kier molecular flexibility index (Phi) is 6.24. The zero-order chi connectivity index (χ0) is 20.3. The molecule has 7 heteroatoms. The van der Waals surface area contributed by atoms with Crippen LogP contribution in [0.5, 0.6) is 11.5 Å².